The number of nitriles is 1. The Morgan fingerprint density at radius 2 is 1.82 bits per heavy atom. The number of nitrogens with zero attached hydrogens (tertiary/aromatic N) is 3. The molecule has 0 bridgehead atoms. The number of thiophene rings is 1. The van der Waals surface area contributed by atoms with E-state index < -0.39 is 0 Å². The van der Waals surface area contributed by atoms with Gasteiger partial charge in [-0.3, -0.25) is 10.9 Å². The van der Waals surface area contributed by atoms with Crippen molar-refractivity contribution in [2.24, 2.45) is 0 Å². The first kappa shape index (κ1) is 17.9. The van der Waals surface area contributed by atoms with E-state index in [-0.39, 0.29) is 0 Å². The Labute approximate surface area is 170 Å². The minimum atomic E-state index is 0.385. The molecule has 0 aliphatic carbocycles. The zero-order valence-electron chi connectivity index (χ0n) is 14.5. The Bertz CT molecular complexity index is 1160. The number of fused-ring (bicyclic) bond motifs is 1. The molecule has 8 heteroatoms. The highest BCUT2D eigenvalue weighted by atomic mass is 32.1. The predicted molar refractivity (Wildman–Crippen MR) is 117 cm³/mol. The van der Waals surface area contributed by atoms with Crippen LogP contribution >= 0.6 is 23.6 Å². The van der Waals surface area contributed by atoms with Gasteiger partial charge >= 0.3 is 0 Å². The average Bonchev–Trinajstić information content (AvgIpc) is 3.18. The minimum absolute atomic E-state index is 0.385. The Balaban J connectivity index is 1.47. The molecule has 0 unspecified atom stereocenters. The maximum absolute atomic E-state index is 8.85. The monoisotopic (exact) mass is 402 g/mol. The lowest BCUT2D eigenvalue weighted by atomic mass is 10.2. The lowest BCUT2D eigenvalue weighted by Gasteiger charge is -2.12. The zero-order chi connectivity index (χ0) is 19.3. The van der Waals surface area contributed by atoms with Gasteiger partial charge in [-0.25, -0.2) is 9.97 Å². The predicted octanol–water partition coefficient (Wildman–Crippen LogP) is 4.54. The molecule has 28 heavy (non-hydrogen) atoms. The Hall–Kier alpha value is -3.54. The van der Waals surface area contributed by atoms with Crippen molar-refractivity contribution in [2.45, 2.75) is 0 Å². The molecule has 0 aliphatic heterocycles. The van der Waals surface area contributed by atoms with Gasteiger partial charge in [0, 0.05) is 10.6 Å². The number of hydrogen-bond donors (Lipinski definition) is 3. The first-order valence-electron chi connectivity index (χ1n) is 8.36. The summed E-state index contributed by atoms with van der Waals surface area (Å²) in [7, 11) is 0. The molecule has 0 amide bonds. The van der Waals surface area contributed by atoms with Gasteiger partial charge in [-0.1, -0.05) is 30.3 Å². The summed E-state index contributed by atoms with van der Waals surface area (Å²) in [5, 5.41) is 12.3. The number of anilines is 2. The normalized spacial score (nSPS) is 10.2. The molecule has 0 fully saturated rings. The standard InChI is InChI=1S/C20H14N6S2/c21-11-13-6-8-15(9-7-13)24-20(27)26-25-19-18-16(22-12-23-19)10-17(28-18)14-4-2-1-3-5-14/h1-10,12H,(H,22,23,25)(H2,24,26,27). The van der Waals surface area contributed by atoms with Gasteiger partial charge in [-0.2, -0.15) is 5.26 Å². The van der Waals surface area contributed by atoms with Crippen LogP contribution < -0.4 is 16.2 Å². The fraction of sp³-hybridized carbons (Fsp3) is 0. The summed E-state index contributed by atoms with van der Waals surface area (Å²) >= 11 is 6.93. The molecule has 2 aromatic heterocycles. The second kappa shape index (κ2) is 8.00. The third kappa shape index (κ3) is 3.91. The SMILES string of the molecule is N#Cc1ccc(NC(=S)NNc2ncnc3cc(-c4ccccc4)sc23)cc1. The summed E-state index contributed by atoms with van der Waals surface area (Å²) in [6, 6.07) is 21.3. The van der Waals surface area contributed by atoms with Crippen LogP contribution in [0.1, 0.15) is 5.56 Å². The van der Waals surface area contributed by atoms with Gasteiger partial charge in [0.15, 0.2) is 10.9 Å². The van der Waals surface area contributed by atoms with Crippen molar-refractivity contribution in [3.8, 4) is 16.5 Å². The first-order chi connectivity index (χ1) is 13.7. The molecule has 2 heterocycles. The highest BCUT2D eigenvalue weighted by Crippen LogP contribution is 2.35. The molecule has 0 aliphatic rings. The molecule has 136 valence electrons. The van der Waals surface area contributed by atoms with E-state index in [0.29, 0.717) is 16.5 Å². The van der Waals surface area contributed by atoms with Gasteiger partial charge in [0.1, 0.15) is 6.33 Å². The second-order valence-electron chi connectivity index (χ2n) is 5.81. The van der Waals surface area contributed by atoms with Crippen LogP contribution in [0.5, 0.6) is 0 Å². The van der Waals surface area contributed by atoms with Crippen LogP contribution in [0.4, 0.5) is 11.5 Å². The average molecular weight is 403 g/mol. The summed E-state index contributed by atoms with van der Waals surface area (Å²) in [5.74, 6) is 0.654. The van der Waals surface area contributed by atoms with Gasteiger partial charge in [0.25, 0.3) is 0 Å². The molecule has 4 aromatic rings. The summed E-state index contributed by atoms with van der Waals surface area (Å²) in [6.07, 6.45) is 1.52. The third-order valence-corrected chi connectivity index (χ3v) is 5.32. The van der Waals surface area contributed by atoms with Crippen molar-refractivity contribution >= 4 is 50.4 Å². The highest BCUT2D eigenvalue weighted by molar-refractivity contribution is 7.80. The lowest BCUT2D eigenvalue weighted by molar-refractivity contribution is 1.09. The smallest absolute Gasteiger partial charge is 0.189 e. The molecule has 0 radical (unpaired) electrons. The Kier molecular flexibility index (Phi) is 5.10. The van der Waals surface area contributed by atoms with Crippen molar-refractivity contribution < 1.29 is 0 Å². The molecule has 2 aromatic carbocycles. The summed E-state index contributed by atoms with van der Waals surface area (Å²) in [6.45, 7) is 0. The second-order valence-corrected chi connectivity index (χ2v) is 7.27. The minimum Gasteiger partial charge on any atom is -0.331 e. The topological polar surface area (TPSA) is 85.7 Å². The summed E-state index contributed by atoms with van der Waals surface area (Å²) < 4.78 is 0.940. The van der Waals surface area contributed by atoms with Crippen molar-refractivity contribution in [1.29, 1.82) is 5.26 Å². The van der Waals surface area contributed by atoms with Crippen LogP contribution in [0.25, 0.3) is 20.7 Å². The van der Waals surface area contributed by atoms with E-state index in [2.05, 4.69) is 50.4 Å². The third-order valence-electron chi connectivity index (χ3n) is 3.94. The maximum atomic E-state index is 8.85. The van der Waals surface area contributed by atoms with E-state index in [0.717, 1.165) is 26.3 Å². The largest absolute Gasteiger partial charge is 0.331 e. The Morgan fingerprint density at radius 3 is 2.57 bits per heavy atom. The highest BCUT2D eigenvalue weighted by Gasteiger charge is 2.10. The molecule has 0 saturated heterocycles. The van der Waals surface area contributed by atoms with Crippen molar-refractivity contribution in [3.63, 3.8) is 0 Å². The number of benzene rings is 2. The van der Waals surface area contributed by atoms with Gasteiger partial charge in [-0.15, -0.1) is 11.3 Å². The van der Waals surface area contributed by atoms with E-state index in [9.17, 15) is 0 Å². The summed E-state index contributed by atoms with van der Waals surface area (Å²) in [4.78, 5) is 9.80. The van der Waals surface area contributed by atoms with E-state index in [1.807, 2.05) is 18.2 Å². The van der Waals surface area contributed by atoms with Gasteiger partial charge in [0.2, 0.25) is 0 Å². The quantitative estimate of drug-likeness (QED) is 0.341. The molecular weight excluding hydrogens is 388 g/mol. The van der Waals surface area contributed by atoms with Crippen molar-refractivity contribution in [2.75, 3.05) is 10.7 Å². The van der Waals surface area contributed by atoms with Gasteiger partial charge in [0.05, 0.1) is 21.8 Å². The van der Waals surface area contributed by atoms with E-state index in [4.69, 9.17) is 17.5 Å². The molecule has 3 N–H and O–H groups in total. The van der Waals surface area contributed by atoms with Crippen LogP contribution in [-0.2, 0) is 0 Å². The van der Waals surface area contributed by atoms with E-state index in [1.54, 1.807) is 35.6 Å². The first-order valence-corrected chi connectivity index (χ1v) is 9.58. The number of nitrogens with one attached hydrogen (secondary N) is 3. The van der Waals surface area contributed by atoms with E-state index >= 15 is 0 Å². The molecule has 0 saturated carbocycles. The Morgan fingerprint density at radius 1 is 1.04 bits per heavy atom. The van der Waals surface area contributed by atoms with E-state index in [1.165, 1.54) is 6.33 Å². The van der Waals surface area contributed by atoms with Crippen LogP contribution in [0.15, 0.2) is 67.0 Å². The van der Waals surface area contributed by atoms with Gasteiger partial charge < -0.3 is 5.32 Å². The molecule has 0 atom stereocenters. The number of rotatable bonds is 4. The molecule has 4 rings (SSSR count). The molecule has 6 nitrogen and oxygen atoms in total. The fourth-order valence-corrected chi connectivity index (χ4v) is 3.82. The molecular formula is C20H14N6S2. The van der Waals surface area contributed by atoms with Crippen LogP contribution in [-0.4, -0.2) is 15.1 Å². The number of thiocarbonyl (C=S) groups is 1. The van der Waals surface area contributed by atoms with Crippen LogP contribution in [0, 0.1) is 11.3 Å². The maximum Gasteiger partial charge on any atom is 0.189 e. The summed E-state index contributed by atoms with van der Waals surface area (Å²) in [5.41, 5.74) is 9.38. The van der Waals surface area contributed by atoms with Crippen LogP contribution in [0.3, 0.4) is 0 Å². The number of hydrogen-bond acceptors (Lipinski definition) is 6. The fourth-order valence-electron chi connectivity index (χ4n) is 2.59. The lowest BCUT2D eigenvalue weighted by Crippen LogP contribution is -2.33. The zero-order valence-corrected chi connectivity index (χ0v) is 16.1. The molecule has 0 spiro atoms. The van der Waals surface area contributed by atoms with Crippen LogP contribution in [0.2, 0.25) is 0 Å². The van der Waals surface area contributed by atoms with Crippen molar-refractivity contribution in [1.82, 2.24) is 15.4 Å². The number of hydrazine groups is 1. The number of aromatic nitrogens is 2. The van der Waals surface area contributed by atoms with Crippen molar-refractivity contribution in [3.05, 3.63) is 72.6 Å². The van der Waals surface area contributed by atoms with Gasteiger partial charge in [-0.05, 0) is 48.1 Å².